The van der Waals surface area contributed by atoms with Gasteiger partial charge in [-0.15, -0.1) is 0 Å². The van der Waals surface area contributed by atoms with Gasteiger partial charge in [0.25, 0.3) is 5.91 Å². The van der Waals surface area contributed by atoms with Gasteiger partial charge < -0.3 is 14.8 Å². The van der Waals surface area contributed by atoms with Gasteiger partial charge in [-0.25, -0.2) is 0 Å². The van der Waals surface area contributed by atoms with Crippen molar-refractivity contribution in [3.05, 3.63) is 59.1 Å². The molecule has 0 radical (unpaired) electrons. The van der Waals surface area contributed by atoms with E-state index in [4.69, 9.17) is 21.1 Å². The Morgan fingerprint density at radius 1 is 1.05 bits per heavy atom. The number of hydrogen-bond donors (Lipinski definition) is 1. The van der Waals surface area contributed by atoms with Crippen molar-refractivity contribution in [1.29, 1.82) is 0 Å². The van der Waals surface area contributed by atoms with Gasteiger partial charge in [-0.1, -0.05) is 23.7 Å². The second kappa shape index (κ2) is 7.55. The van der Waals surface area contributed by atoms with Crippen LogP contribution in [0.25, 0.3) is 0 Å². The minimum atomic E-state index is -0.180. The summed E-state index contributed by atoms with van der Waals surface area (Å²) < 4.78 is 10.4. The molecule has 1 N–H and O–H groups in total. The van der Waals surface area contributed by atoms with Crippen LogP contribution in [0.3, 0.4) is 0 Å². The average molecular weight is 306 g/mol. The third kappa shape index (κ3) is 5.00. The largest absolute Gasteiger partial charge is 0.497 e. The summed E-state index contributed by atoms with van der Waals surface area (Å²) in [6.45, 7) is 0.421. The zero-order valence-corrected chi connectivity index (χ0v) is 12.4. The molecule has 21 heavy (non-hydrogen) atoms. The number of amides is 1. The van der Waals surface area contributed by atoms with Gasteiger partial charge in [-0.3, -0.25) is 4.79 Å². The van der Waals surface area contributed by atoms with Crippen LogP contribution in [0.15, 0.2) is 48.5 Å². The highest BCUT2D eigenvalue weighted by Gasteiger charge is 2.03. The molecule has 0 saturated carbocycles. The Hall–Kier alpha value is -2.20. The molecule has 0 heterocycles. The van der Waals surface area contributed by atoms with Crippen LogP contribution < -0.4 is 14.8 Å². The van der Waals surface area contributed by atoms with E-state index in [1.54, 1.807) is 31.4 Å². The van der Waals surface area contributed by atoms with Crippen LogP contribution in [0.4, 0.5) is 0 Å². The Morgan fingerprint density at radius 2 is 1.67 bits per heavy atom. The maximum Gasteiger partial charge on any atom is 0.258 e. The van der Waals surface area contributed by atoms with E-state index in [2.05, 4.69) is 5.32 Å². The zero-order chi connectivity index (χ0) is 15.1. The van der Waals surface area contributed by atoms with Gasteiger partial charge in [0.05, 0.1) is 7.11 Å². The van der Waals surface area contributed by atoms with Gasteiger partial charge >= 0.3 is 0 Å². The first-order chi connectivity index (χ1) is 10.2. The highest BCUT2D eigenvalue weighted by molar-refractivity contribution is 6.30. The van der Waals surface area contributed by atoms with Crippen molar-refractivity contribution in [3.8, 4) is 11.5 Å². The summed E-state index contributed by atoms with van der Waals surface area (Å²) in [5.41, 5.74) is 0.996. The zero-order valence-electron chi connectivity index (χ0n) is 11.6. The molecule has 0 bridgehead atoms. The highest BCUT2D eigenvalue weighted by atomic mass is 35.5. The molecule has 110 valence electrons. The quantitative estimate of drug-likeness (QED) is 0.892. The van der Waals surface area contributed by atoms with E-state index in [-0.39, 0.29) is 12.5 Å². The SMILES string of the molecule is COc1ccc(CNC(=O)COc2ccc(Cl)cc2)cc1. The summed E-state index contributed by atoms with van der Waals surface area (Å²) in [5, 5.41) is 3.42. The predicted molar refractivity (Wildman–Crippen MR) is 81.8 cm³/mol. The fraction of sp³-hybridized carbons (Fsp3) is 0.188. The van der Waals surface area contributed by atoms with Gasteiger partial charge in [0.1, 0.15) is 11.5 Å². The van der Waals surface area contributed by atoms with Crippen LogP contribution in [0.2, 0.25) is 5.02 Å². The molecule has 0 aliphatic carbocycles. The number of benzene rings is 2. The maximum absolute atomic E-state index is 11.7. The topological polar surface area (TPSA) is 47.6 Å². The van der Waals surface area contributed by atoms with Crippen molar-refractivity contribution < 1.29 is 14.3 Å². The molecule has 0 aliphatic rings. The van der Waals surface area contributed by atoms with Gasteiger partial charge in [0, 0.05) is 11.6 Å². The van der Waals surface area contributed by atoms with E-state index in [9.17, 15) is 4.79 Å². The summed E-state index contributed by atoms with van der Waals surface area (Å²) >= 11 is 5.77. The molecular weight excluding hydrogens is 290 g/mol. The van der Waals surface area contributed by atoms with Crippen LogP contribution in [0.5, 0.6) is 11.5 Å². The first-order valence-corrected chi connectivity index (χ1v) is 6.83. The third-order valence-corrected chi connectivity index (χ3v) is 3.08. The number of halogens is 1. The van der Waals surface area contributed by atoms with E-state index in [0.717, 1.165) is 11.3 Å². The molecule has 4 nitrogen and oxygen atoms in total. The Morgan fingerprint density at radius 3 is 2.29 bits per heavy atom. The molecule has 0 fully saturated rings. The van der Waals surface area contributed by atoms with E-state index in [0.29, 0.717) is 17.3 Å². The molecule has 2 aromatic rings. The van der Waals surface area contributed by atoms with Gasteiger partial charge in [0.2, 0.25) is 0 Å². The number of methoxy groups -OCH3 is 1. The third-order valence-electron chi connectivity index (χ3n) is 2.83. The smallest absolute Gasteiger partial charge is 0.258 e. The number of ether oxygens (including phenoxy) is 2. The highest BCUT2D eigenvalue weighted by Crippen LogP contribution is 2.15. The normalized spacial score (nSPS) is 10.0. The van der Waals surface area contributed by atoms with Crippen molar-refractivity contribution in [2.45, 2.75) is 6.54 Å². The molecule has 2 aromatic carbocycles. The van der Waals surface area contributed by atoms with Crippen molar-refractivity contribution in [2.24, 2.45) is 0 Å². The molecule has 5 heteroatoms. The van der Waals surface area contributed by atoms with E-state index in [1.165, 1.54) is 0 Å². The van der Waals surface area contributed by atoms with E-state index >= 15 is 0 Å². The molecule has 0 spiro atoms. The number of carbonyl (C=O) groups is 1. The Labute approximate surface area is 128 Å². The number of rotatable bonds is 6. The Bertz CT molecular complexity index is 581. The van der Waals surface area contributed by atoms with Crippen LogP contribution in [-0.2, 0) is 11.3 Å². The summed E-state index contributed by atoms with van der Waals surface area (Å²) in [4.78, 5) is 11.7. The first-order valence-electron chi connectivity index (χ1n) is 6.45. The standard InChI is InChI=1S/C16H16ClNO3/c1-20-14-6-2-12(3-7-14)10-18-16(19)11-21-15-8-4-13(17)5-9-15/h2-9H,10-11H2,1H3,(H,18,19). The van der Waals surface area contributed by atoms with E-state index in [1.807, 2.05) is 24.3 Å². The lowest BCUT2D eigenvalue weighted by molar-refractivity contribution is -0.123. The van der Waals surface area contributed by atoms with Crippen LogP contribution in [0, 0.1) is 0 Å². The maximum atomic E-state index is 11.7. The van der Waals surface area contributed by atoms with E-state index < -0.39 is 0 Å². The fourth-order valence-electron chi connectivity index (χ4n) is 1.67. The lowest BCUT2D eigenvalue weighted by Gasteiger charge is -2.08. The minimum Gasteiger partial charge on any atom is -0.497 e. The van der Waals surface area contributed by atoms with Crippen LogP contribution >= 0.6 is 11.6 Å². The van der Waals surface area contributed by atoms with Gasteiger partial charge in [0.15, 0.2) is 6.61 Å². The lowest BCUT2D eigenvalue weighted by atomic mass is 10.2. The van der Waals surface area contributed by atoms with Crippen molar-refractivity contribution in [2.75, 3.05) is 13.7 Å². The number of nitrogens with one attached hydrogen (secondary N) is 1. The second-order valence-electron chi connectivity index (χ2n) is 4.37. The fourth-order valence-corrected chi connectivity index (χ4v) is 1.80. The second-order valence-corrected chi connectivity index (χ2v) is 4.80. The summed E-state index contributed by atoms with van der Waals surface area (Å²) in [6, 6.07) is 14.4. The molecule has 0 unspecified atom stereocenters. The summed E-state index contributed by atoms with van der Waals surface area (Å²) in [6.07, 6.45) is 0. The molecule has 0 aliphatic heterocycles. The minimum absolute atomic E-state index is 0.0300. The van der Waals surface area contributed by atoms with Gasteiger partial charge in [-0.2, -0.15) is 0 Å². The molecular formula is C16H16ClNO3. The molecule has 2 rings (SSSR count). The Kier molecular flexibility index (Phi) is 5.46. The summed E-state index contributed by atoms with van der Waals surface area (Å²) in [7, 11) is 1.62. The molecule has 0 aromatic heterocycles. The monoisotopic (exact) mass is 305 g/mol. The van der Waals surface area contributed by atoms with Crippen LogP contribution in [0.1, 0.15) is 5.56 Å². The molecule has 0 saturated heterocycles. The lowest BCUT2D eigenvalue weighted by Crippen LogP contribution is -2.28. The number of hydrogen-bond acceptors (Lipinski definition) is 3. The molecule has 0 atom stereocenters. The summed E-state index contributed by atoms with van der Waals surface area (Å²) in [5.74, 6) is 1.22. The average Bonchev–Trinajstić information content (AvgIpc) is 2.53. The molecule has 1 amide bonds. The first kappa shape index (κ1) is 15.2. The predicted octanol–water partition coefficient (Wildman–Crippen LogP) is 3.04. The van der Waals surface area contributed by atoms with Crippen molar-refractivity contribution in [3.63, 3.8) is 0 Å². The Balaban J connectivity index is 1.75. The van der Waals surface area contributed by atoms with Crippen molar-refractivity contribution in [1.82, 2.24) is 5.32 Å². The van der Waals surface area contributed by atoms with Crippen molar-refractivity contribution >= 4 is 17.5 Å². The number of carbonyl (C=O) groups excluding carboxylic acids is 1. The van der Waals surface area contributed by atoms with Gasteiger partial charge in [-0.05, 0) is 42.0 Å². The van der Waals surface area contributed by atoms with Crippen LogP contribution in [-0.4, -0.2) is 19.6 Å².